The van der Waals surface area contributed by atoms with Crippen molar-refractivity contribution in [1.29, 1.82) is 0 Å². The van der Waals surface area contributed by atoms with Gasteiger partial charge >= 0.3 is 0 Å². The number of sulfonamides is 1. The standard InChI is InChI=1S/C17H18ClN7O4S3/c1-10-7-12(25-15(19-10)21-16(22-25)30-2)29-9-11-8-23(3-5-28-11)32(26,27)14-13(18)20-17-24(14)4-6-31-17/h4,6-7,11H,3,5,8-9H2,1-2H3. The Balaban J connectivity index is 1.35. The van der Waals surface area contributed by atoms with Crippen molar-refractivity contribution in [3.63, 3.8) is 0 Å². The van der Waals surface area contributed by atoms with Crippen LogP contribution in [0.1, 0.15) is 5.69 Å². The SMILES string of the molecule is CSc1nc2nc(C)cc(OCC3CN(S(=O)(=O)c4c(Cl)nc5sccn45)CCO3)n2n1. The first-order chi connectivity index (χ1) is 15.4. The lowest BCUT2D eigenvalue weighted by atomic mass is 10.3. The fourth-order valence-electron chi connectivity index (χ4n) is 3.41. The van der Waals surface area contributed by atoms with E-state index in [2.05, 4.69) is 20.1 Å². The second-order valence-corrected chi connectivity index (χ2v) is 10.8. The molecule has 4 aromatic rings. The number of aryl methyl sites for hydroxylation is 1. The number of thioether (sulfide) groups is 1. The number of aromatic nitrogens is 6. The second kappa shape index (κ2) is 8.43. The van der Waals surface area contributed by atoms with E-state index in [1.165, 1.54) is 36.3 Å². The molecule has 0 N–H and O–H groups in total. The molecule has 0 radical (unpaired) electrons. The molecule has 0 aliphatic carbocycles. The van der Waals surface area contributed by atoms with E-state index >= 15 is 0 Å². The molecule has 1 aliphatic heterocycles. The Morgan fingerprint density at radius 2 is 2.22 bits per heavy atom. The lowest BCUT2D eigenvalue weighted by Crippen LogP contribution is -2.47. The Kier molecular flexibility index (Phi) is 5.75. The van der Waals surface area contributed by atoms with Crippen LogP contribution in [-0.2, 0) is 14.8 Å². The molecule has 5 rings (SSSR count). The van der Waals surface area contributed by atoms with Crippen LogP contribution in [0, 0.1) is 6.92 Å². The first kappa shape index (κ1) is 21.9. The first-order valence-corrected chi connectivity index (χ1v) is 13.4. The summed E-state index contributed by atoms with van der Waals surface area (Å²) in [6.07, 6.45) is 3.05. The molecule has 32 heavy (non-hydrogen) atoms. The van der Waals surface area contributed by atoms with Gasteiger partial charge in [0.15, 0.2) is 15.1 Å². The van der Waals surface area contributed by atoms with E-state index < -0.39 is 16.1 Å². The van der Waals surface area contributed by atoms with Crippen LogP contribution in [0.4, 0.5) is 0 Å². The average molecular weight is 516 g/mol. The molecular formula is C17H18ClN7O4S3. The van der Waals surface area contributed by atoms with Crippen LogP contribution in [0.5, 0.6) is 5.88 Å². The number of ether oxygens (including phenoxy) is 2. The van der Waals surface area contributed by atoms with Crippen molar-refractivity contribution in [1.82, 2.24) is 33.3 Å². The monoisotopic (exact) mass is 515 g/mol. The van der Waals surface area contributed by atoms with Gasteiger partial charge in [-0.3, -0.25) is 4.40 Å². The minimum Gasteiger partial charge on any atom is -0.475 e. The number of thiazole rings is 1. The van der Waals surface area contributed by atoms with E-state index in [4.69, 9.17) is 21.1 Å². The maximum atomic E-state index is 13.3. The van der Waals surface area contributed by atoms with E-state index in [-0.39, 0.29) is 36.5 Å². The quantitative estimate of drug-likeness (QED) is 0.355. The lowest BCUT2D eigenvalue weighted by molar-refractivity contribution is -0.0261. The fraction of sp³-hybridized carbons (Fsp3) is 0.412. The van der Waals surface area contributed by atoms with E-state index in [1.54, 1.807) is 17.6 Å². The van der Waals surface area contributed by atoms with Crippen molar-refractivity contribution < 1.29 is 17.9 Å². The normalized spacial score (nSPS) is 18.0. The summed E-state index contributed by atoms with van der Waals surface area (Å²) < 4.78 is 42.7. The predicted octanol–water partition coefficient (Wildman–Crippen LogP) is 1.99. The van der Waals surface area contributed by atoms with Gasteiger partial charge in [-0.25, -0.2) is 18.4 Å². The van der Waals surface area contributed by atoms with Crippen molar-refractivity contribution in [2.45, 2.75) is 23.2 Å². The molecule has 170 valence electrons. The topological polar surface area (TPSA) is 116 Å². The molecule has 0 aromatic carbocycles. The van der Waals surface area contributed by atoms with Gasteiger partial charge in [0.2, 0.25) is 11.0 Å². The second-order valence-electron chi connectivity index (χ2n) is 6.98. The third-order valence-corrected chi connectivity index (χ3v) is 8.41. The van der Waals surface area contributed by atoms with Crippen LogP contribution >= 0.6 is 34.7 Å². The Morgan fingerprint density at radius 3 is 3.03 bits per heavy atom. The Morgan fingerprint density at radius 1 is 1.38 bits per heavy atom. The number of halogens is 1. The van der Waals surface area contributed by atoms with Gasteiger partial charge in [0.1, 0.15) is 12.7 Å². The third kappa shape index (κ3) is 3.84. The molecule has 5 heterocycles. The summed E-state index contributed by atoms with van der Waals surface area (Å²) >= 11 is 8.89. The summed E-state index contributed by atoms with van der Waals surface area (Å²) in [6, 6.07) is 1.75. The zero-order valence-corrected chi connectivity index (χ0v) is 20.2. The molecule has 1 aliphatic rings. The van der Waals surface area contributed by atoms with E-state index in [1.807, 2.05) is 13.2 Å². The van der Waals surface area contributed by atoms with E-state index in [0.29, 0.717) is 21.8 Å². The van der Waals surface area contributed by atoms with Gasteiger partial charge in [0.25, 0.3) is 15.8 Å². The average Bonchev–Trinajstić information content (AvgIpc) is 3.45. The Labute approximate surface area is 196 Å². The summed E-state index contributed by atoms with van der Waals surface area (Å²) in [7, 11) is -3.87. The molecule has 1 saturated heterocycles. The van der Waals surface area contributed by atoms with Crippen molar-refractivity contribution in [2.24, 2.45) is 0 Å². The summed E-state index contributed by atoms with van der Waals surface area (Å²) in [5, 5.41) is 6.64. The third-order valence-electron chi connectivity index (χ3n) is 4.85. The molecule has 0 saturated carbocycles. The van der Waals surface area contributed by atoms with Crippen LogP contribution in [-0.4, -0.2) is 80.4 Å². The summed E-state index contributed by atoms with van der Waals surface area (Å²) in [5.74, 6) is 0.899. The number of hydrogen-bond donors (Lipinski definition) is 0. The maximum Gasteiger partial charge on any atom is 0.262 e. The maximum absolute atomic E-state index is 13.3. The summed E-state index contributed by atoms with van der Waals surface area (Å²) in [6.45, 7) is 2.54. The van der Waals surface area contributed by atoms with Gasteiger partial charge in [0.05, 0.1) is 6.61 Å². The Hall–Kier alpha value is -1.97. The summed E-state index contributed by atoms with van der Waals surface area (Å²) in [5.41, 5.74) is 0.733. The number of imidazole rings is 1. The number of hydrogen-bond acceptors (Lipinski definition) is 10. The highest BCUT2D eigenvalue weighted by molar-refractivity contribution is 7.98. The minimum atomic E-state index is -3.87. The fourth-order valence-corrected chi connectivity index (χ4v) is 6.60. The summed E-state index contributed by atoms with van der Waals surface area (Å²) in [4.78, 5) is 13.4. The highest BCUT2D eigenvalue weighted by Gasteiger charge is 2.35. The first-order valence-electron chi connectivity index (χ1n) is 9.51. The predicted molar refractivity (Wildman–Crippen MR) is 119 cm³/mol. The number of fused-ring (bicyclic) bond motifs is 2. The number of nitrogens with zero attached hydrogens (tertiary/aromatic N) is 7. The van der Waals surface area contributed by atoms with Gasteiger partial charge in [-0.05, 0) is 13.2 Å². The van der Waals surface area contributed by atoms with Crippen molar-refractivity contribution >= 4 is 55.5 Å². The number of morpholine rings is 1. The minimum absolute atomic E-state index is 0.0318. The Bertz CT molecular complexity index is 1400. The van der Waals surface area contributed by atoms with Crippen molar-refractivity contribution in [3.8, 4) is 5.88 Å². The highest BCUT2D eigenvalue weighted by atomic mass is 35.5. The zero-order chi connectivity index (χ0) is 22.5. The molecule has 0 bridgehead atoms. The highest BCUT2D eigenvalue weighted by Crippen LogP contribution is 2.29. The van der Waals surface area contributed by atoms with Gasteiger partial charge in [-0.2, -0.15) is 13.8 Å². The molecular weight excluding hydrogens is 498 g/mol. The molecule has 4 aromatic heterocycles. The van der Waals surface area contributed by atoms with E-state index in [0.717, 1.165) is 5.69 Å². The molecule has 15 heteroatoms. The van der Waals surface area contributed by atoms with Crippen LogP contribution < -0.4 is 4.74 Å². The molecule has 0 amide bonds. The van der Waals surface area contributed by atoms with Crippen LogP contribution in [0.25, 0.3) is 10.7 Å². The number of rotatable bonds is 6. The van der Waals surface area contributed by atoms with Crippen molar-refractivity contribution in [2.75, 3.05) is 32.6 Å². The van der Waals surface area contributed by atoms with Gasteiger partial charge in [-0.15, -0.1) is 16.4 Å². The molecule has 0 spiro atoms. The molecule has 1 atom stereocenters. The largest absolute Gasteiger partial charge is 0.475 e. The lowest BCUT2D eigenvalue weighted by Gasteiger charge is -2.31. The van der Waals surface area contributed by atoms with Gasteiger partial charge < -0.3 is 9.47 Å². The van der Waals surface area contributed by atoms with Gasteiger partial charge in [0, 0.05) is 36.4 Å². The molecule has 11 nitrogen and oxygen atoms in total. The molecule has 1 unspecified atom stereocenters. The van der Waals surface area contributed by atoms with Crippen molar-refractivity contribution in [3.05, 3.63) is 28.5 Å². The molecule has 1 fully saturated rings. The van der Waals surface area contributed by atoms with Crippen LogP contribution in [0.2, 0.25) is 5.15 Å². The van der Waals surface area contributed by atoms with Crippen LogP contribution in [0.3, 0.4) is 0 Å². The van der Waals surface area contributed by atoms with Crippen LogP contribution in [0.15, 0.2) is 27.8 Å². The zero-order valence-electron chi connectivity index (χ0n) is 17.0. The smallest absolute Gasteiger partial charge is 0.262 e. The van der Waals surface area contributed by atoms with Gasteiger partial charge in [-0.1, -0.05) is 23.4 Å². The van der Waals surface area contributed by atoms with E-state index in [9.17, 15) is 8.42 Å².